The fourth-order valence-corrected chi connectivity index (χ4v) is 3.97. The second-order valence-electron chi connectivity index (χ2n) is 7.73. The first-order valence-corrected chi connectivity index (χ1v) is 10.6. The molecule has 3 aliphatic rings. The van der Waals surface area contributed by atoms with Crippen molar-refractivity contribution in [3.63, 3.8) is 0 Å². The number of likely N-dealkylation sites (tertiary alicyclic amines) is 2. The van der Waals surface area contributed by atoms with E-state index in [1.807, 2.05) is 11.1 Å². The third-order valence-corrected chi connectivity index (χ3v) is 5.64. The van der Waals surface area contributed by atoms with Crippen LogP contribution in [0.4, 0.5) is 4.79 Å². The van der Waals surface area contributed by atoms with Gasteiger partial charge in [0.25, 0.3) is 0 Å². The fraction of sp³-hybridized carbons (Fsp3) is 0.737. The Morgan fingerprint density at radius 1 is 1.13 bits per heavy atom. The monoisotopic (exact) mass is 418 g/mol. The van der Waals surface area contributed by atoms with E-state index in [1.54, 1.807) is 9.80 Å². The van der Waals surface area contributed by atoms with E-state index in [4.69, 9.17) is 5.26 Å². The van der Waals surface area contributed by atoms with Crippen LogP contribution in [-0.4, -0.2) is 96.9 Å². The van der Waals surface area contributed by atoms with Gasteiger partial charge in [-0.1, -0.05) is 0 Å². The highest BCUT2D eigenvalue weighted by molar-refractivity contribution is 5.92. The molecule has 3 saturated heterocycles. The zero-order valence-corrected chi connectivity index (χ0v) is 17.2. The van der Waals surface area contributed by atoms with Crippen molar-refractivity contribution in [3.8, 4) is 6.19 Å². The SMILES string of the molecule is N#CNC(=NCCN1CCNC1=O)NC1CCCCN(CC(=O)N2CCCC2)C1=O. The summed E-state index contributed by atoms with van der Waals surface area (Å²) in [5, 5.41) is 17.3. The number of amides is 4. The highest BCUT2D eigenvalue weighted by atomic mass is 16.2. The van der Waals surface area contributed by atoms with Crippen molar-refractivity contribution >= 4 is 23.8 Å². The van der Waals surface area contributed by atoms with Crippen molar-refractivity contribution in [1.29, 1.82) is 5.26 Å². The summed E-state index contributed by atoms with van der Waals surface area (Å²) < 4.78 is 0. The van der Waals surface area contributed by atoms with Crippen LogP contribution in [0.25, 0.3) is 0 Å². The summed E-state index contributed by atoms with van der Waals surface area (Å²) in [6.07, 6.45) is 6.14. The lowest BCUT2D eigenvalue weighted by molar-refractivity contribution is -0.140. The zero-order chi connectivity index (χ0) is 21.3. The summed E-state index contributed by atoms with van der Waals surface area (Å²) in [7, 11) is 0. The highest BCUT2D eigenvalue weighted by Gasteiger charge is 2.30. The van der Waals surface area contributed by atoms with E-state index in [1.165, 1.54) is 0 Å². The Morgan fingerprint density at radius 3 is 2.60 bits per heavy atom. The smallest absolute Gasteiger partial charge is 0.317 e. The number of hydrogen-bond acceptors (Lipinski definition) is 5. The van der Waals surface area contributed by atoms with Gasteiger partial charge in [0.2, 0.25) is 17.8 Å². The first kappa shape index (κ1) is 21.7. The molecule has 1 atom stereocenters. The quantitative estimate of drug-likeness (QED) is 0.220. The first-order valence-electron chi connectivity index (χ1n) is 10.6. The number of hydrogen-bond donors (Lipinski definition) is 3. The first-order chi connectivity index (χ1) is 14.6. The summed E-state index contributed by atoms with van der Waals surface area (Å²) in [5.74, 6) is 0.0593. The van der Waals surface area contributed by atoms with Crippen LogP contribution in [0.15, 0.2) is 4.99 Å². The van der Waals surface area contributed by atoms with Gasteiger partial charge >= 0.3 is 6.03 Å². The molecule has 4 amide bonds. The zero-order valence-electron chi connectivity index (χ0n) is 17.2. The predicted octanol–water partition coefficient (Wildman–Crippen LogP) is -0.969. The Hall–Kier alpha value is -3.03. The number of carbonyl (C=O) groups is 3. The molecule has 0 saturated carbocycles. The number of nitrogens with one attached hydrogen (secondary N) is 3. The van der Waals surface area contributed by atoms with Crippen molar-refractivity contribution in [2.24, 2.45) is 4.99 Å². The molecule has 3 N–H and O–H groups in total. The van der Waals surface area contributed by atoms with E-state index in [-0.39, 0.29) is 30.3 Å². The van der Waals surface area contributed by atoms with E-state index in [2.05, 4.69) is 20.9 Å². The van der Waals surface area contributed by atoms with E-state index in [9.17, 15) is 14.4 Å². The molecule has 3 rings (SSSR count). The van der Waals surface area contributed by atoms with Crippen LogP contribution in [0, 0.1) is 11.5 Å². The average molecular weight is 419 g/mol. The van der Waals surface area contributed by atoms with Gasteiger partial charge in [-0.3, -0.25) is 19.9 Å². The molecule has 0 radical (unpaired) electrons. The van der Waals surface area contributed by atoms with Crippen molar-refractivity contribution in [3.05, 3.63) is 0 Å². The van der Waals surface area contributed by atoms with Crippen LogP contribution in [-0.2, 0) is 9.59 Å². The second-order valence-corrected chi connectivity index (χ2v) is 7.73. The molecule has 11 nitrogen and oxygen atoms in total. The summed E-state index contributed by atoms with van der Waals surface area (Å²) in [6.45, 7) is 4.16. The van der Waals surface area contributed by atoms with Gasteiger partial charge in [0.1, 0.15) is 6.04 Å². The number of aliphatic imine (C=N–C) groups is 1. The van der Waals surface area contributed by atoms with E-state index >= 15 is 0 Å². The van der Waals surface area contributed by atoms with Gasteiger partial charge < -0.3 is 25.3 Å². The fourth-order valence-electron chi connectivity index (χ4n) is 3.97. The molecular weight excluding hydrogens is 388 g/mol. The Kier molecular flexibility index (Phi) is 7.70. The van der Waals surface area contributed by atoms with Crippen molar-refractivity contribution in [2.75, 3.05) is 52.4 Å². The second kappa shape index (κ2) is 10.7. The molecule has 30 heavy (non-hydrogen) atoms. The number of guanidine groups is 1. The summed E-state index contributed by atoms with van der Waals surface area (Å²) in [6, 6.07) is -0.668. The van der Waals surface area contributed by atoms with Crippen molar-refractivity contribution in [2.45, 2.75) is 38.1 Å². The van der Waals surface area contributed by atoms with Gasteiger partial charge in [-0.2, -0.15) is 5.26 Å². The Balaban J connectivity index is 1.57. The third kappa shape index (κ3) is 5.75. The van der Waals surface area contributed by atoms with Gasteiger partial charge in [-0.05, 0) is 32.1 Å². The molecule has 0 spiro atoms. The number of nitriles is 1. The van der Waals surface area contributed by atoms with Gasteiger partial charge in [-0.15, -0.1) is 0 Å². The van der Waals surface area contributed by atoms with Gasteiger partial charge in [0, 0.05) is 39.3 Å². The maximum absolute atomic E-state index is 13.0. The topological polar surface area (TPSA) is 133 Å². The third-order valence-electron chi connectivity index (χ3n) is 5.64. The molecule has 3 fully saturated rings. The molecule has 0 aromatic heterocycles. The summed E-state index contributed by atoms with van der Waals surface area (Å²) in [4.78, 5) is 46.5. The van der Waals surface area contributed by atoms with Crippen LogP contribution >= 0.6 is 0 Å². The Morgan fingerprint density at radius 2 is 1.90 bits per heavy atom. The molecule has 1 unspecified atom stereocenters. The van der Waals surface area contributed by atoms with E-state index < -0.39 is 6.04 Å². The number of nitrogens with zero attached hydrogens (tertiary/aromatic N) is 5. The number of rotatable bonds is 6. The lowest BCUT2D eigenvalue weighted by Crippen LogP contribution is -2.52. The number of carbonyl (C=O) groups excluding carboxylic acids is 3. The molecule has 11 heteroatoms. The summed E-state index contributed by atoms with van der Waals surface area (Å²) >= 11 is 0. The summed E-state index contributed by atoms with van der Waals surface area (Å²) in [5.41, 5.74) is 0. The lowest BCUT2D eigenvalue weighted by Gasteiger charge is -2.27. The number of urea groups is 1. The molecule has 0 bridgehead atoms. The Labute approximate surface area is 176 Å². The minimum atomic E-state index is -0.548. The minimum Gasteiger partial charge on any atom is -0.344 e. The maximum Gasteiger partial charge on any atom is 0.317 e. The normalized spacial score (nSPS) is 22.6. The Bertz CT molecular complexity index is 713. The van der Waals surface area contributed by atoms with Crippen LogP contribution < -0.4 is 16.0 Å². The molecular formula is C19H30N8O3. The van der Waals surface area contributed by atoms with E-state index in [0.717, 1.165) is 38.8 Å². The van der Waals surface area contributed by atoms with Crippen LogP contribution in [0.2, 0.25) is 0 Å². The molecule has 0 aromatic rings. The maximum atomic E-state index is 13.0. The highest BCUT2D eigenvalue weighted by Crippen LogP contribution is 2.14. The van der Waals surface area contributed by atoms with Gasteiger partial charge in [0.05, 0.1) is 13.1 Å². The average Bonchev–Trinajstić information content (AvgIpc) is 3.37. The van der Waals surface area contributed by atoms with Crippen LogP contribution in [0.1, 0.15) is 32.1 Å². The molecule has 0 aromatic carbocycles. The lowest BCUT2D eigenvalue weighted by atomic mass is 10.1. The minimum absolute atomic E-state index is 0.00516. The van der Waals surface area contributed by atoms with Crippen LogP contribution in [0.3, 0.4) is 0 Å². The molecule has 0 aliphatic carbocycles. The van der Waals surface area contributed by atoms with Gasteiger partial charge in [-0.25, -0.2) is 4.79 Å². The predicted molar refractivity (Wildman–Crippen MR) is 109 cm³/mol. The molecule has 3 heterocycles. The van der Waals surface area contributed by atoms with Crippen LogP contribution in [0.5, 0.6) is 0 Å². The van der Waals surface area contributed by atoms with Crippen molar-refractivity contribution in [1.82, 2.24) is 30.7 Å². The largest absolute Gasteiger partial charge is 0.344 e. The van der Waals surface area contributed by atoms with Gasteiger partial charge in [0.15, 0.2) is 6.19 Å². The molecule has 164 valence electrons. The standard InChI is InChI=1S/C19H30N8O3/c20-14-23-18(21-6-11-26-12-7-22-19(26)30)24-15-5-1-2-10-27(17(15)29)13-16(28)25-8-3-4-9-25/h15H,1-13H2,(H,22,30)(H2,21,23,24). The molecule has 3 aliphatic heterocycles. The van der Waals surface area contributed by atoms with Crippen molar-refractivity contribution < 1.29 is 14.4 Å². The van der Waals surface area contributed by atoms with E-state index in [0.29, 0.717) is 39.1 Å².